The summed E-state index contributed by atoms with van der Waals surface area (Å²) in [6, 6.07) is 16.2. The molecule has 2 aromatic carbocycles. The summed E-state index contributed by atoms with van der Waals surface area (Å²) < 4.78 is 7.29. The number of aryl methyl sites for hydroxylation is 1. The van der Waals surface area contributed by atoms with Crippen LogP contribution in [0.2, 0.25) is 0 Å². The lowest BCUT2D eigenvalue weighted by Gasteiger charge is -2.32. The van der Waals surface area contributed by atoms with Crippen molar-refractivity contribution in [3.8, 4) is 5.75 Å². The maximum atomic E-state index is 13.4. The lowest BCUT2D eigenvalue weighted by atomic mass is 9.84. The largest absolute Gasteiger partial charge is 0.496 e. The third-order valence-corrected chi connectivity index (χ3v) is 6.18. The molecule has 1 saturated carbocycles. The fourth-order valence-electron chi connectivity index (χ4n) is 4.27. The molecule has 1 amide bonds. The second-order valence-corrected chi connectivity index (χ2v) is 8.28. The molecule has 0 aliphatic heterocycles. The Labute approximate surface area is 180 Å². The molecule has 1 fully saturated rings. The zero-order chi connectivity index (χ0) is 21.4. The van der Waals surface area contributed by atoms with Crippen LogP contribution in [-0.4, -0.2) is 38.0 Å². The number of carbonyl (C=O) groups is 1. The molecule has 0 spiro atoms. The highest BCUT2D eigenvalue weighted by molar-refractivity contribution is 5.84. The molecule has 1 aliphatic rings. The van der Waals surface area contributed by atoms with E-state index in [1.165, 1.54) is 5.56 Å². The van der Waals surface area contributed by atoms with Crippen molar-refractivity contribution < 1.29 is 9.53 Å². The van der Waals surface area contributed by atoms with Crippen LogP contribution in [0.25, 0.3) is 16.6 Å². The molecule has 158 valence electrons. The Balaban J connectivity index is 1.56. The minimum Gasteiger partial charge on any atom is -0.496 e. The van der Waals surface area contributed by atoms with Gasteiger partial charge in [0.05, 0.1) is 12.6 Å². The van der Waals surface area contributed by atoms with E-state index < -0.39 is 0 Å². The number of aromatic nitrogens is 4. The van der Waals surface area contributed by atoms with Gasteiger partial charge < -0.3 is 9.64 Å². The normalized spacial score (nSPS) is 14.0. The predicted octanol–water partition coefficient (Wildman–Crippen LogP) is 3.92. The first kappa shape index (κ1) is 19.5. The van der Waals surface area contributed by atoms with E-state index in [4.69, 9.17) is 4.74 Å². The summed E-state index contributed by atoms with van der Waals surface area (Å²) in [4.78, 5) is 15.3. The summed E-state index contributed by atoms with van der Waals surface area (Å²) >= 11 is 0. The van der Waals surface area contributed by atoms with E-state index in [-0.39, 0.29) is 11.8 Å². The lowest BCUT2D eigenvalue weighted by molar-refractivity contribution is -0.139. The van der Waals surface area contributed by atoms with Gasteiger partial charge in [-0.25, -0.2) is 0 Å². The topological polar surface area (TPSA) is 72.6 Å². The van der Waals surface area contributed by atoms with E-state index in [1.54, 1.807) is 11.6 Å². The molecule has 0 bridgehead atoms. The van der Waals surface area contributed by atoms with Crippen LogP contribution in [0.4, 0.5) is 0 Å². The van der Waals surface area contributed by atoms with Crippen molar-refractivity contribution in [2.45, 2.75) is 39.3 Å². The van der Waals surface area contributed by atoms with Gasteiger partial charge in [0.2, 0.25) is 5.91 Å². The highest BCUT2D eigenvalue weighted by Crippen LogP contribution is 2.31. The summed E-state index contributed by atoms with van der Waals surface area (Å²) in [7, 11) is 1.66. The van der Waals surface area contributed by atoms with Gasteiger partial charge in [-0.15, -0.1) is 5.10 Å². The summed E-state index contributed by atoms with van der Waals surface area (Å²) in [5.41, 5.74) is 4.73. The molecular weight excluding hydrogens is 390 g/mol. The zero-order valence-electron chi connectivity index (χ0n) is 17.8. The minimum absolute atomic E-state index is 0.101. The van der Waals surface area contributed by atoms with Crippen molar-refractivity contribution in [2.75, 3.05) is 7.11 Å². The third kappa shape index (κ3) is 3.60. The minimum atomic E-state index is 0.101. The van der Waals surface area contributed by atoms with Crippen LogP contribution in [0.15, 0.2) is 48.5 Å². The Kier molecular flexibility index (Phi) is 5.02. The number of pyridine rings is 1. The van der Waals surface area contributed by atoms with Gasteiger partial charge >= 0.3 is 0 Å². The number of nitrogens with zero attached hydrogens (tertiary/aromatic N) is 5. The van der Waals surface area contributed by atoms with Crippen LogP contribution in [0.5, 0.6) is 5.75 Å². The van der Waals surface area contributed by atoms with Gasteiger partial charge in [0.1, 0.15) is 5.75 Å². The number of hydrogen-bond acceptors (Lipinski definition) is 5. The van der Waals surface area contributed by atoms with Gasteiger partial charge in [0.15, 0.2) is 5.65 Å². The monoisotopic (exact) mass is 415 g/mol. The van der Waals surface area contributed by atoms with E-state index in [9.17, 15) is 4.79 Å². The number of hydrogen-bond donors (Lipinski definition) is 0. The molecule has 0 saturated heterocycles. The number of tetrazole rings is 1. The Bertz CT molecular complexity index is 1260. The molecule has 0 radical (unpaired) electrons. The molecule has 2 heterocycles. The first-order valence-electron chi connectivity index (χ1n) is 10.6. The molecule has 2 aromatic heterocycles. The number of ether oxygens (including phenoxy) is 1. The number of carbonyl (C=O) groups excluding carboxylic acids is 1. The molecular formula is C24H25N5O2. The van der Waals surface area contributed by atoms with Crippen molar-refractivity contribution in [1.82, 2.24) is 24.9 Å². The van der Waals surface area contributed by atoms with Gasteiger partial charge in [-0.05, 0) is 54.5 Å². The molecule has 0 N–H and O–H groups in total. The number of benzene rings is 2. The average Bonchev–Trinajstić information content (AvgIpc) is 3.22. The first-order chi connectivity index (χ1) is 15.1. The van der Waals surface area contributed by atoms with Gasteiger partial charge in [-0.2, -0.15) is 4.52 Å². The van der Waals surface area contributed by atoms with Crippen molar-refractivity contribution in [3.63, 3.8) is 0 Å². The lowest BCUT2D eigenvalue weighted by Crippen LogP contribution is -2.38. The number of para-hydroxylation sites is 1. The van der Waals surface area contributed by atoms with Crippen LogP contribution in [0, 0.1) is 12.8 Å². The van der Waals surface area contributed by atoms with E-state index >= 15 is 0 Å². The summed E-state index contributed by atoms with van der Waals surface area (Å²) in [6.45, 7) is 3.00. The number of fused-ring (bicyclic) bond motifs is 3. The third-order valence-electron chi connectivity index (χ3n) is 6.18. The number of methoxy groups -OCH3 is 1. The maximum absolute atomic E-state index is 13.4. The highest BCUT2D eigenvalue weighted by Gasteiger charge is 2.30. The van der Waals surface area contributed by atoms with Crippen molar-refractivity contribution in [2.24, 2.45) is 5.92 Å². The standard InChI is InChI=1S/C24H25N5O2/c1-16-10-11-21-19(12-16)13-20(23-25-26-27-29(21)23)15-28(24(30)17-7-5-8-17)14-18-6-3-4-9-22(18)31-2/h3-4,6,9-13,17H,5,7-8,14-15H2,1-2H3. The van der Waals surface area contributed by atoms with E-state index in [0.29, 0.717) is 18.7 Å². The molecule has 4 aromatic rings. The van der Waals surface area contributed by atoms with Gasteiger partial charge in [-0.1, -0.05) is 36.2 Å². The smallest absolute Gasteiger partial charge is 0.226 e. The van der Waals surface area contributed by atoms with E-state index in [1.807, 2.05) is 35.2 Å². The average molecular weight is 415 g/mol. The quantitative estimate of drug-likeness (QED) is 0.477. The Hall–Kier alpha value is -3.48. The van der Waals surface area contributed by atoms with Gasteiger partial charge in [0, 0.05) is 35.5 Å². The molecule has 31 heavy (non-hydrogen) atoms. The van der Waals surface area contributed by atoms with Gasteiger partial charge in [0.25, 0.3) is 0 Å². The summed E-state index contributed by atoms with van der Waals surface area (Å²) in [6.07, 6.45) is 3.03. The van der Waals surface area contributed by atoms with E-state index in [0.717, 1.165) is 47.0 Å². The van der Waals surface area contributed by atoms with Gasteiger partial charge in [-0.3, -0.25) is 4.79 Å². The molecule has 7 heteroatoms. The van der Waals surface area contributed by atoms with Crippen LogP contribution < -0.4 is 4.74 Å². The molecule has 1 aliphatic carbocycles. The highest BCUT2D eigenvalue weighted by atomic mass is 16.5. The van der Waals surface area contributed by atoms with Crippen LogP contribution >= 0.6 is 0 Å². The number of amides is 1. The molecule has 0 unspecified atom stereocenters. The van der Waals surface area contributed by atoms with E-state index in [2.05, 4.69) is 40.6 Å². The van der Waals surface area contributed by atoms with Crippen molar-refractivity contribution >= 4 is 22.5 Å². The first-order valence-corrected chi connectivity index (χ1v) is 10.6. The maximum Gasteiger partial charge on any atom is 0.226 e. The predicted molar refractivity (Wildman–Crippen MR) is 118 cm³/mol. The zero-order valence-corrected chi connectivity index (χ0v) is 17.8. The van der Waals surface area contributed by atoms with Crippen LogP contribution in [0.1, 0.15) is 36.0 Å². The summed E-state index contributed by atoms with van der Waals surface area (Å²) in [5, 5.41) is 13.4. The number of rotatable bonds is 6. The Morgan fingerprint density at radius 3 is 2.71 bits per heavy atom. The van der Waals surface area contributed by atoms with Crippen LogP contribution in [0.3, 0.4) is 0 Å². The Morgan fingerprint density at radius 2 is 1.94 bits per heavy atom. The fourth-order valence-corrected chi connectivity index (χ4v) is 4.27. The van der Waals surface area contributed by atoms with Crippen molar-refractivity contribution in [1.29, 1.82) is 0 Å². The molecule has 5 rings (SSSR count). The second-order valence-electron chi connectivity index (χ2n) is 8.28. The Morgan fingerprint density at radius 1 is 1.13 bits per heavy atom. The second kappa shape index (κ2) is 7.98. The molecule has 0 atom stereocenters. The van der Waals surface area contributed by atoms with Crippen molar-refractivity contribution in [3.05, 3.63) is 65.2 Å². The molecule has 7 nitrogen and oxygen atoms in total. The fraction of sp³-hybridized carbons (Fsp3) is 0.333. The van der Waals surface area contributed by atoms with Crippen LogP contribution in [-0.2, 0) is 17.9 Å². The SMILES string of the molecule is COc1ccccc1CN(Cc1cc2cc(C)ccc2n2nnnc12)C(=O)C1CCC1. The summed E-state index contributed by atoms with van der Waals surface area (Å²) in [5.74, 6) is 1.08.